The number of urea groups is 1. The molecule has 0 aliphatic rings. The highest BCUT2D eigenvalue weighted by atomic mass is 16.6. The number of rotatable bonds is 6. The molecular formula is C16H20N4O3. The van der Waals surface area contributed by atoms with Gasteiger partial charge in [0.1, 0.15) is 5.76 Å². The van der Waals surface area contributed by atoms with E-state index >= 15 is 0 Å². The first-order chi connectivity index (χ1) is 11.1. The molecule has 0 saturated heterocycles. The smallest absolute Gasteiger partial charge is 0.322 e. The van der Waals surface area contributed by atoms with Crippen molar-refractivity contribution in [1.82, 2.24) is 15.3 Å². The van der Waals surface area contributed by atoms with Gasteiger partial charge in [-0.1, -0.05) is 12.7 Å². The summed E-state index contributed by atoms with van der Waals surface area (Å²) in [7, 11) is 1.67. The molecule has 2 amide bonds. The van der Waals surface area contributed by atoms with E-state index in [1.807, 2.05) is 18.2 Å². The van der Waals surface area contributed by atoms with Crippen LogP contribution in [0.3, 0.4) is 0 Å². The number of imidazole rings is 1. The molecule has 7 nitrogen and oxygen atoms in total. The van der Waals surface area contributed by atoms with Gasteiger partial charge < -0.3 is 20.1 Å². The first-order valence-corrected chi connectivity index (χ1v) is 7.10. The van der Waals surface area contributed by atoms with Crippen molar-refractivity contribution in [2.24, 2.45) is 0 Å². The lowest BCUT2D eigenvalue weighted by atomic mass is 10.2. The minimum Gasteiger partial charge on any atom is -0.470 e. The minimum absolute atomic E-state index is 0.302. The summed E-state index contributed by atoms with van der Waals surface area (Å²) in [6, 6.07) is 4.80. The van der Waals surface area contributed by atoms with E-state index in [4.69, 9.17) is 9.84 Å². The van der Waals surface area contributed by atoms with Crippen LogP contribution in [0.1, 0.15) is 6.92 Å². The molecule has 0 radical (unpaired) electrons. The lowest BCUT2D eigenvalue weighted by Crippen LogP contribution is -2.43. The van der Waals surface area contributed by atoms with E-state index in [-0.39, 0.29) is 6.03 Å². The molecule has 3 N–H and O–H groups in total. The van der Waals surface area contributed by atoms with Crippen molar-refractivity contribution >= 4 is 22.8 Å². The number of aromatic amines is 1. The fourth-order valence-electron chi connectivity index (χ4n) is 2.11. The van der Waals surface area contributed by atoms with E-state index < -0.39 is 12.8 Å². The Morgan fingerprint density at radius 3 is 3.09 bits per heavy atom. The van der Waals surface area contributed by atoms with Crippen molar-refractivity contribution in [1.29, 1.82) is 0 Å². The van der Waals surface area contributed by atoms with E-state index in [2.05, 4.69) is 21.9 Å². The van der Waals surface area contributed by atoms with Gasteiger partial charge in [0.2, 0.25) is 0 Å². The number of amides is 2. The van der Waals surface area contributed by atoms with E-state index in [0.717, 1.165) is 11.0 Å². The monoisotopic (exact) mass is 316 g/mol. The minimum atomic E-state index is -0.467. The number of allylic oxidation sites excluding steroid dienone is 2. The van der Waals surface area contributed by atoms with Gasteiger partial charge in [0.15, 0.2) is 6.79 Å². The molecule has 1 unspecified atom stereocenters. The Morgan fingerprint density at radius 2 is 2.39 bits per heavy atom. The predicted octanol–water partition coefficient (Wildman–Crippen LogP) is 2.13. The molecule has 1 atom stereocenters. The lowest BCUT2D eigenvalue weighted by Gasteiger charge is -2.22. The SMILES string of the molecule is C=C/C=C(/OCO)C(C)NC(=O)N(C)c1ccc2[nH]cnc2c1. The quantitative estimate of drug-likeness (QED) is 0.432. The Morgan fingerprint density at radius 1 is 1.61 bits per heavy atom. The predicted molar refractivity (Wildman–Crippen MR) is 88.9 cm³/mol. The van der Waals surface area contributed by atoms with Crippen LogP contribution in [-0.2, 0) is 4.74 Å². The van der Waals surface area contributed by atoms with Gasteiger partial charge in [0.05, 0.1) is 23.4 Å². The number of fused-ring (bicyclic) bond motifs is 1. The molecule has 1 aromatic carbocycles. The summed E-state index contributed by atoms with van der Waals surface area (Å²) in [4.78, 5) is 21.0. The van der Waals surface area contributed by atoms with E-state index in [0.29, 0.717) is 11.4 Å². The van der Waals surface area contributed by atoms with Crippen molar-refractivity contribution in [3.8, 4) is 0 Å². The second kappa shape index (κ2) is 7.46. The van der Waals surface area contributed by atoms with Crippen LogP contribution in [0.25, 0.3) is 11.0 Å². The maximum atomic E-state index is 12.4. The first-order valence-electron chi connectivity index (χ1n) is 7.10. The van der Waals surface area contributed by atoms with Gasteiger partial charge in [-0.25, -0.2) is 9.78 Å². The number of aliphatic hydroxyl groups excluding tert-OH is 1. The Balaban J connectivity index is 2.09. The third-order valence-corrected chi connectivity index (χ3v) is 3.38. The third kappa shape index (κ3) is 3.89. The summed E-state index contributed by atoms with van der Waals surface area (Å²) in [5.41, 5.74) is 2.40. The number of carbonyl (C=O) groups excluding carboxylic acids is 1. The van der Waals surface area contributed by atoms with Gasteiger partial charge >= 0.3 is 6.03 Å². The number of nitrogens with zero attached hydrogens (tertiary/aromatic N) is 2. The van der Waals surface area contributed by atoms with Crippen molar-refractivity contribution in [3.05, 3.63) is 49.0 Å². The Labute approximate surface area is 134 Å². The largest absolute Gasteiger partial charge is 0.470 e. The number of hydrogen-bond donors (Lipinski definition) is 3. The molecule has 0 aliphatic carbocycles. The fourth-order valence-corrected chi connectivity index (χ4v) is 2.11. The molecule has 0 aliphatic heterocycles. The van der Waals surface area contributed by atoms with Crippen LogP contribution in [-0.4, -0.2) is 41.0 Å². The standard InChI is InChI=1S/C16H20N4O3/c1-4-5-15(23-10-21)11(2)19-16(22)20(3)12-6-7-13-14(8-12)18-9-17-13/h4-9,11,21H,1,10H2,2-3H3,(H,17,18)(H,19,22)/b15-5+. The lowest BCUT2D eigenvalue weighted by molar-refractivity contribution is 0.0342. The molecule has 122 valence electrons. The molecule has 23 heavy (non-hydrogen) atoms. The number of aliphatic hydroxyl groups is 1. The van der Waals surface area contributed by atoms with E-state index in [9.17, 15) is 4.79 Å². The van der Waals surface area contributed by atoms with Gasteiger partial charge in [0.25, 0.3) is 0 Å². The summed E-state index contributed by atoms with van der Waals surface area (Å²) >= 11 is 0. The van der Waals surface area contributed by atoms with Gasteiger partial charge in [-0.3, -0.25) is 4.90 Å². The van der Waals surface area contributed by atoms with Crippen LogP contribution in [0.2, 0.25) is 0 Å². The van der Waals surface area contributed by atoms with Crippen molar-refractivity contribution in [2.75, 3.05) is 18.7 Å². The van der Waals surface area contributed by atoms with Crippen molar-refractivity contribution < 1.29 is 14.6 Å². The first kappa shape index (κ1) is 16.6. The number of benzene rings is 1. The van der Waals surface area contributed by atoms with Crippen LogP contribution in [0.5, 0.6) is 0 Å². The topological polar surface area (TPSA) is 90.5 Å². The van der Waals surface area contributed by atoms with E-state index in [1.54, 1.807) is 26.4 Å². The summed E-state index contributed by atoms with van der Waals surface area (Å²) in [6.45, 7) is 4.87. The summed E-state index contributed by atoms with van der Waals surface area (Å²) in [5.74, 6) is 0.423. The second-order valence-electron chi connectivity index (χ2n) is 4.91. The fraction of sp³-hybridized carbons (Fsp3) is 0.250. The summed E-state index contributed by atoms with van der Waals surface area (Å²) < 4.78 is 5.08. The zero-order valence-corrected chi connectivity index (χ0v) is 13.1. The highest BCUT2D eigenvalue weighted by molar-refractivity contribution is 5.93. The molecular weight excluding hydrogens is 296 g/mol. The zero-order valence-electron chi connectivity index (χ0n) is 13.1. The molecule has 0 fully saturated rings. The van der Waals surface area contributed by atoms with E-state index in [1.165, 1.54) is 11.0 Å². The average Bonchev–Trinajstić information content (AvgIpc) is 3.01. The normalized spacial score (nSPS) is 12.7. The zero-order chi connectivity index (χ0) is 16.8. The number of aromatic nitrogens is 2. The highest BCUT2D eigenvalue weighted by Gasteiger charge is 2.17. The number of carbonyl (C=O) groups is 1. The Kier molecular flexibility index (Phi) is 5.37. The van der Waals surface area contributed by atoms with Crippen LogP contribution < -0.4 is 10.2 Å². The number of ether oxygens (including phenoxy) is 1. The summed E-state index contributed by atoms with van der Waals surface area (Å²) in [5, 5.41) is 11.7. The molecule has 0 spiro atoms. The molecule has 0 saturated carbocycles. The van der Waals surface area contributed by atoms with Gasteiger partial charge in [-0.15, -0.1) is 0 Å². The molecule has 0 bridgehead atoms. The molecule has 1 heterocycles. The van der Waals surface area contributed by atoms with Crippen LogP contribution in [0.4, 0.5) is 10.5 Å². The maximum absolute atomic E-state index is 12.4. The average molecular weight is 316 g/mol. The highest BCUT2D eigenvalue weighted by Crippen LogP contribution is 2.19. The van der Waals surface area contributed by atoms with Crippen molar-refractivity contribution in [3.63, 3.8) is 0 Å². The molecule has 2 rings (SSSR count). The third-order valence-electron chi connectivity index (χ3n) is 3.38. The van der Waals surface area contributed by atoms with Crippen LogP contribution in [0.15, 0.2) is 49.0 Å². The number of hydrogen-bond acceptors (Lipinski definition) is 4. The van der Waals surface area contributed by atoms with Gasteiger partial charge in [-0.2, -0.15) is 0 Å². The molecule has 1 aromatic heterocycles. The Hall–Kier alpha value is -2.80. The van der Waals surface area contributed by atoms with Crippen LogP contribution in [0, 0.1) is 0 Å². The van der Waals surface area contributed by atoms with Crippen molar-refractivity contribution in [2.45, 2.75) is 13.0 Å². The van der Waals surface area contributed by atoms with Crippen LogP contribution >= 0.6 is 0 Å². The molecule has 7 heteroatoms. The van der Waals surface area contributed by atoms with Gasteiger partial charge in [0, 0.05) is 12.7 Å². The maximum Gasteiger partial charge on any atom is 0.322 e. The summed E-state index contributed by atoms with van der Waals surface area (Å²) in [6.07, 6.45) is 4.73. The Bertz CT molecular complexity index is 723. The van der Waals surface area contributed by atoms with Gasteiger partial charge in [-0.05, 0) is 31.2 Å². The second-order valence-corrected chi connectivity index (χ2v) is 4.91. The molecule has 2 aromatic rings. The number of H-pyrrole nitrogens is 1. The number of anilines is 1. The number of nitrogens with one attached hydrogen (secondary N) is 2.